The van der Waals surface area contributed by atoms with E-state index in [1.54, 1.807) is 6.07 Å². The molecule has 0 spiro atoms. The van der Waals surface area contributed by atoms with Crippen molar-refractivity contribution in [2.24, 2.45) is 0 Å². The fourth-order valence-electron chi connectivity index (χ4n) is 2.07. The summed E-state index contributed by atoms with van der Waals surface area (Å²) in [6.07, 6.45) is 1.31. The molecule has 0 aliphatic rings. The van der Waals surface area contributed by atoms with E-state index in [0.717, 1.165) is 5.69 Å². The fraction of sp³-hybridized carbons (Fsp3) is 0. The monoisotopic (exact) mass is 279 g/mol. The van der Waals surface area contributed by atoms with Gasteiger partial charge in [0.25, 0.3) is 0 Å². The van der Waals surface area contributed by atoms with Crippen molar-refractivity contribution < 1.29 is 4.92 Å². The minimum Gasteiger partial charge on any atom is -0.358 e. The number of para-hydroxylation sites is 1. The number of fused-ring (bicyclic) bond motifs is 1. The maximum Gasteiger partial charge on any atom is 0.348 e. The highest BCUT2D eigenvalue weighted by atomic mass is 16.6. The van der Waals surface area contributed by atoms with Crippen LogP contribution in [0.25, 0.3) is 5.52 Å². The van der Waals surface area contributed by atoms with Gasteiger partial charge in [-0.15, -0.1) is 0 Å². The summed E-state index contributed by atoms with van der Waals surface area (Å²) in [6, 6.07) is 14.2. The Hall–Kier alpha value is -3.40. The van der Waals surface area contributed by atoms with Crippen LogP contribution in [0.3, 0.4) is 0 Å². The second-order valence-corrected chi connectivity index (χ2v) is 4.28. The molecule has 2 aromatic heterocycles. The molecule has 3 rings (SSSR count). The molecule has 21 heavy (non-hydrogen) atoms. The number of nitro groups is 1. The van der Waals surface area contributed by atoms with Crippen LogP contribution in [-0.2, 0) is 0 Å². The van der Waals surface area contributed by atoms with E-state index in [1.165, 1.54) is 16.8 Å². The summed E-state index contributed by atoms with van der Waals surface area (Å²) < 4.78 is 1.20. The second-order valence-electron chi connectivity index (χ2n) is 4.28. The van der Waals surface area contributed by atoms with Gasteiger partial charge in [0.15, 0.2) is 5.52 Å². The smallest absolute Gasteiger partial charge is 0.348 e. The molecule has 7 nitrogen and oxygen atoms in total. The van der Waals surface area contributed by atoms with Crippen molar-refractivity contribution >= 4 is 22.7 Å². The van der Waals surface area contributed by atoms with Crippen LogP contribution < -0.4 is 5.32 Å². The molecule has 1 aromatic carbocycles. The summed E-state index contributed by atoms with van der Waals surface area (Å²) in [5.41, 5.74) is 2.07. The Morgan fingerprint density at radius 3 is 2.67 bits per heavy atom. The van der Waals surface area contributed by atoms with Crippen molar-refractivity contribution in [1.29, 1.82) is 5.26 Å². The van der Waals surface area contributed by atoms with Crippen molar-refractivity contribution in [3.63, 3.8) is 0 Å². The molecule has 0 bridgehead atoms. The topological polar surface area (TPSA) is 96.3 Å². The highest BCUT2D eigenvalue weighted by molar-refractivity contribution is 5.82. The van der Waals surface area contributed by atoms with Crippen LogP contribution in [0.1, 0.15) is 5.56 Å². The van der Waals surface area contributed by atoms with E-state index in [2.05, 4.69) is 10.4 Å². The number of nitrogens with one attached hydrogen (secondary N) is 1. The third-order valence-corrected chi connectivity index (χ3v) is 3.01. The van der Waals surface area contributed by atoms with Crippen LogP contribution in [-0.4, -0.2) is 14.5 Å². The molecule has 0 amide bonds. The van der Waals surface area contributed by atoms with Crippen LogP contribution in [0.5, 0.6) is 0 Å². The molecule has 7 heteroatoms. The maximum atomic E-state index is 11.0. The molecule has 0 atom stereocenters. The van der Waals surface area contributed by atoms with E-state index in [0.29, 0.717) is 16.8 Å². The van der Waals surface area contributed by atoms with E-state index in [9.17, 15) is 15.4 Å². The van der Waals surface area contributed by atoms with E-state index >= 15 is 0 Å². The van der Waals surface area contributed by atoms with E-state index < -0.39 is 4.92 Å². The molecular weight excluding hydrogens is 270 g/mol. The average molecular weight is 279 g/mol. The Labute approximate surface area is 119 Å². The second kappa shape index (κ2) is 4.94. The summed E-state index contributed by atoms with van der Waals surface area (Å²) in [6.45, 7) is 0. The Balaban J connectivity index is 2.20. The minimum absolute atomic E-state index is 0.148. The number of nitrogens with zero attached hydrogens (tertiary/aromatic N) is 4. The Bertz CT molecular complexity index is 864. The highest BCUT2D eigenvalue weighted by Crippen LogP contribution is 2.28. The molecule has 0 fully saturated rings. The van der Waals surface area contributed by atoms with Crippen molar-refractivity contribution in [3.8, 4) is 6.07 Å². The van der Waals surface area contributed by atoms with E-state index in [-0.39, 0.29) is 5.82 Å². The van der Waals surface area contributed by atoms with Gasteiger partial charge in [-0.25, -0.2) is 0 Å². The zero-order chi connectivity index (χ0) is 14.8. The molecule has 0 unspecified atom stereocenters. The number of anilines is 2. The third-order valence-electron chi connectivity index (χ3n) is 3.01. The van der Waals surface area contributed by atoms with Gasteiger partial charge >= 0.3 is 5.82 Å². The summed E-state index contributed by atoms with van der Waals surface area (Å²) in [4.78, 5) is 10.4. The largest absolute Gasteiger partial charge is 0.358 e. The molecule has 0 radical (unpaired) electrons. The van der Waals surface area contributed by atoms with Crippen molar-refractivity contribution in [3.05, 3.63) is 64.3 Å². The van der Waals surface area contributed by atoms with Gasteiger partial charge in [-0.05, 0) is 23.1 Å². The summed E-state index contributed by atoms with van der Waals surface area (Å²) >= 11 is 0. The van der Waals surface area contributed by atoms with Crippen LogP contribution in [0.15, 0.2) is 48.7 Å². The standard InChI is InChI=1S/C14H9N5O2/c15-8-10-9-16-18-12(6-7-13(18)19(20)21)14(10)17-11-4-2-1-3-5-11/h1-7,9,17H. The highest BCUT2D eigenvalue weighted by Gasteiger charge is 2.19. The van der Waals surface area contributed by atoms with Crippen LogP contribution in [0.4, 0.5) is 17.2 Å². The fourth-order valence-corrected chi connectivity index (χ4v) is 2.07. The Morgan fingerprint density at radius 1 is 1.24 bits per heavy atom. The van der Waals surface area contributed by atoms with Crippen LogP contribution in [0.2, 0.25) is 0 Å². The predicted octanol–water partition coefficient (Wildman–Crippen LogP) is 2.86. The van der Waals surface area contributed by atoms with Crippen molar-refractivity contribution in [1.82, 2.24) is 9.61 Å². The first kappa shape index (κ1) is 12.6. The maximum absolute atomic E-state index is 11.0. The first-order valence-electron chi connectivity index (χ1n) is 6.08. The third kappa shape index (κ3) is 2.15. The van der Waals surface area contributed by atoms with Gasteiger partial charge in [0.1, 0.15) is 17.3 Å². The molecule has 3 aromatic rings. The number of hydrogen-bond acceptors (Lipinski definition) is 5. The van der Waals surface area contributed by atoms with E-state index in [1.807, 2.05) is 36.4 Å². The number of aromatic nitrogens is 2. The predicted molar refractivity (Wildman–Crippen MR) is 76.3 cm³/mol. The molecule has 0 aliphatic carbocycles. The summed E-state index contributed by atoms with van der Waals surface area (Å²) in [5.74, 6) is -0.148. The zero-order valence-corrected chi connectivity index (χ0v) is 10.7. The first-order chi connectivity index (χ1) is 10.2. The normalized spacial score (nSPS) is 10.2. The SMILES string of the molecule is N#Cc1cnn2c([N+](=O)[O-])ccc2c1Nc1ccccc1. The molecule has 1 N–H and O–H groups in total. The lowest BCUT2D eigenvalue weighted by atomic mass is 10.2. The van der Waals surface area contributed by atoms with E-state index in [4.69, 9.17) is 0 Å². The lowest BCUT2D eigenvalue weighted by Crippen LogP contribution is -2.02. The molecule has 0 saturated carbocycles. The van der Waals surface area contributed by atoms with Gasteiger partial charge in [-0.3, -0.25) is 0 Å². The van der Waals surface area contributed by atoms with Gasteiger partial charge < -0.3 is 15.4 Å². The quantitative estimate of drug-likeness (QED) is 0.587. The molecule has 102 valence electrons. The molecular formula is C14H9N5O2. The van der Waals surface area contributed by atoms with Crippen molar-refractivity contribution in [2.45, 2.75) is 0 Å². The average Bonchev–Trinajstić information content (AvgIpc) is 2.93. The van der Waals surface area contributed by atoms with Crippen molar-refractivity contribution in [2.75, 3.05) is 5.32 Å². The zero-order valence-electron chi connectivity index (χ0n) is 10.7. The molecule has 0 saturated heterocycles. The number of benzene rings is 1. The molecule has 2 heterocycles. The van der Waals surface area contributed by atoms with Crippen LogP contribution >= 0.6 is 0 Å². The first-order valence-corrected chi connectivity index (χ1v) is 6.08. The minimum atomic E-state index is -0.516. The van der Waals surface area contributed by atoms with Gasteiger partial charge in [0, 0.05) is 11.8 Å². The lowest BCUT2D eigenvalue weighted by molar-refractivity contribution is -0.390. The summed E-state index contributed by atoms with van der Waals surface area (Å²) in [5, 5.41) is 27.2. The lowest BCUT2D eigenvalue weighted by Gasteiger charge is -2.07. The Kier molecular flexibility index (Phi) is 2.97. The van der Waals surface area contributed by atoms with Gasteiger partial charge in [0.2, 0.25) is 0 Å². The Morgan fingerprint density at radius 2 is 2.00 bits per heavy atom. The number of hydrogen-bond donors (Lipinski definition) is 1. The summed E-state index contributed by atoms with van der Waals surface area (Å²) in [7, 11) is 0. The van der Waals surface area contributed by atoms with Gasteiger partial charge in [0.05, 0.1) is 6.20 Å². The number of rotatable bonds is 3. The van der Waals surface area contributed by atoms with Crippen LogP contribution in [0, 0.1) is 21.4 Å². The number of nitriles is 1. The van der Waals surface area contributed by atoms with Gasteiger partial charge in [-0.2, -0.15) is 5.26 Å². The molecule has 0 aliphatic heterocycles. The van der Waals surface area contributed by atoms with Gasteiger partial charge in [-0.1, -0.05) is 27.8 Å².